The molecule has 0 radical (unpaired) electrons. The van der Waals surface area contributed by atoms with Crippen molar-refractivity contribution >= 4 is 0 Å². The molecule has 2 heteroatoms. The largest absolute Gasteiger partial charge is 0.381 e. The Balaban J connectivity index is 1.78. The molecule has 0 bridgehead atoms. The molecule has 1 aromatic carbocycles. The van der Waals surface area contributed by atoms with E-state index >= 15 is 0 Å². The highest BCUT2D eigenvalue weighted by Crippen LogP contribution is 2.23. The van der Waals surface area contributed by atoms with E-state index in [-0.39, 0.29) is 0 Å². The second kappa shape index (κ2) is 8.55. The SMILES string of the molecule is Cc1ccc(C(CCOCCC(C)C)CNC2CC2)cc1. The number of rotatable bonds is 10. The van der Waals surface area contributed by atoms with Crippen molar-refractivity contribution in [3.8, 4) is 0 Å². The quantitative estimate of drug-likeness (QED) is 0.649. The van der Waals surface area contributed by atoms with Gasteiger partial charge in [-0.3, -0.25) is 0 Å². The number of hydrogen-bond acceptors (Lipinski definition) is 2. The van der Waals surface area contributed by atoms with Gasteiger partial charge in [0.05, 0.1) is 0 Å². The Bertz CT molecular complexity index is 395. The molecule has 1 fully saturated rings. The van der Waals surface area contributed by atoms with Gasteiger partial charge in [0.1, 0.15) is 0 Å². The molecule has 1 aliphatic carbocycles. The smallest absolute Gasteiger partial charge is 0.0472 e. The molecule has 118 valence electrons. The summed E-state index contributed by atoms with van der Waals surface area (Å²) in [5, 5.41) is 3.67. The number of nitrogens with one attached hydrogen (secondary N) is 1. The minimum Gasteiger partial charge on any atom is -0.381 e. The van der Waals surface area contributed by atoms with Crippen molar-refractivity contribution in [2.75, 3.05) is 19.8 Å². The first-order valence-electron chi connectivity index (χ1n) is 8.53. The molecule has 1 saturated carbocycles. The lowest BCUT2D eigenvalue weighted by molar-refractivity contribution is 0.116. The first kappa shape index (κ1) is 16.5. The fourth-order valence-electron chi connectivity index (χ4n) is 2.47. The zero-order chi connectivity index (χ0) is 15.1. The Kier molecular flexibility index (Phi) is 6.72. The molecular weight excluding hydrogens is 258 g/mol. The summed E-state index contributed by atoms with van der Waals surface area (Å²) in [6.45, 7) is 9.50. The van der Waals surface area contributed by atoms with Gasteiger partial charge in [0.15, 0.2) is 0 Å². The van der Waals surface area contributed by atoms with E-state index in [1.807, 2.05) is 0 Å². The van der Waals surface area contributed by atoms with Gasteiger partial charge in [-0.25, -0.2) is 0 Å². The maximum atomic E-state index is 5.81. The van der Waals surface area contributed by atoms with E-state index in [0.29, 0.717) is 5.92 Å². The average Bonchev–Trinajstić information content (AvgIpc) is 3.27. The summed E-state index contributed by atoms with van der Waals surface area (Å²) in [7, 11) is 0. The van der Waals surface area contributed by atoms with Crippen LogP contribution >= 0.6 is 0 Å². The van der Waals surface area contributed by atoms with Gasteiger partial charge in [-0.15, -0.1) is 0 Å². The van der Waals surface area contributed by atoms with Gasteiger partial charge in [-0.1, -0.05) is 43.7 Å². The van der Waals surface area contributed by atoms with Crippen molar-refractivity contribution in [2.45, 2.75) is 58.4 Å². The minimum atomic E-state index is 0.574. The van der Waals surface area contributed by atoms with E-state index in [9.17, 15) is 0 Å². The van der Waals surface area contributed by atoms with Crippen LogP contribution in [0.25, 0.3) is 0 Å². The fourth-order valence-corrected chi connectivity index (χ4v) is 2.47. The van der Waals surface area contributed by atoms with Crippen molar-refractivity contribution in [2.24, 2.45) is 5.92 Å². The summed E-state index contributed by atoms with van der Waals surface area (Å²) in [5.41, 5.74) is 2.78. The molecule has 1 aromatic rings. The number of hydrogen-bond donors (Lipinski definition) is 1. The van der Waals surface area contributed by atoms with E-state index < -0.39 is 0 Å². The van der Waals surface area contributed by atoms with Crippen molar-refractivity contribution in [3.05, 3.63) is 35.4 Å². The zero-order valence-electron chi connectivity index (χ0n) is 13.9. The van der Waals surface area contributed by atoms with Crippen LogP contribution in [0.5, 0.6) is 0 Å². The van der Waals surface area contributed by atoms with Gasteiger partial charge in [-0.2, -0.15) is 0 Å². The summed E-state index contributed by atoms with van der Waals surface area (Å²) >= 11 is 0. The Morgan fingerprint density at radius 1 is 1.10 bits per heavy atom. The van der Waals surface area contributed by atoms with Crippen LogP contribution in [0.2, 0.25) is 0 Å². The third-order valence-electron chi connectivity index (χ3n) is 4.23. The predicted octanol–water partition coefficient (Wildman–Crippen LogP) is 4.28. The van der Waals surface area contributed by atoms with Crippen LogP contribution in [0.15, 0.2) is 24.3 Å². The van der Waals surface area contributed by atoms with Gasteiger partial charge in [0, 0.05) is 25.8 Å². The summed E-state index contributed by atoms with van der Waals surface area (Å²) in [6.07, 6.45) is 4.98. The van der Waals surface area contributed by atoms with E-state index in [4.69, 9.17) is 4.74 Å². The van der Waals surface area contributed by atoms with Gasteiger partial charge in [-0.05, 0) is 50.0 Å². The molecule has 1 N–H and O–H groups in total. The van der Waals surface area contributed by atoms with Gasteiger partial charge < -0.3 is 10.1 Å². The van der Waals surface area contributed by atoms with E-state index in [1.54, 1.807) is 0 Å². The van der Waals surface area contributed by atoms with Crippen LogP contribution in [0.3, 0.4) is 0 Å². The number of ether oxygens (including phenoxy) is 1. The van der Waals surface area contributed by atoms with Gasteiger partial charge in [0.25, 0.3) is 0 Å². The second-order valence-electron chi connectivity index (χ2n) is 6.87. The normalized spacial score (nSPS) is 16.4. The first-order valence-corrected chi connectivity index (χ1v) is 8.53. The predicted molar refractivity (Wildman–Crippen MR) is 89.8 cm³/mol. The van der Waals surface area contributed by atoms with Crippen molar-refractivity contribution in [3.63, 3.8) is 0 Å². The Morgan fingerprint density at radius 2 is 1.76 bits per heavy atom. The van der Waals surface area contributed by atoms with Crippen LogP contribution in [-0.4, -0.2) is 25.8 Å². The van der Waals surface area contributed by atoms with Gasteiger partial charge >= 0.3 is 0 Å². The topological polar surface area (TPSA) is 21.3 Å². The maximum absolute atomic E-state index is 5.81. The molecule has 1 unspecified atom stereocenters. The number of aryl methyl sites for hydroxylation is 1. The standard InChI is InChI=1S/C19H31NO/c1-15(2)10-12-21-13-11-18(14-20-19-8-9-19)17-6-4-16(3)5-7-17/h4-7,15,18-20H,8-14H2,1-3H3. The lowest BCUT2D eigenvalue weighted by Crippen LogP contribution is -2.24. The molecule has 2 nitrogen and oxygen atoms in total. The highest BCUT2D eigenvalue weighted by molar-refractivity contribution is 5.24. The summed E-state index contributed by atoms with van der Waals surface area (Å²) in [5.74, 6) is 1.31. The van der Waals surface area contributed by atoms with Gasteiger partial charge in [0.2, 0.25) is 0 Å². The summed E-state index contributed by atoms with van der Waals surface area (Å²) in [4.78, 5) is 0. The third-order valence-corrected chi connectivity index (χ3v) is 4.23. The molecule has 0 aromatic heterocycles. The summed E-state index contributed by atoms with van der Waals surface area (Å²) < 4.78 is 5.81. The summed E-state index contributed by atoms with van der Waals surface area (Å²) in [6, 6.07) is 9.78. The van der Waals surface area contributed by atoms with Crippen LogP contribution in [-0.2, 0) is 4.74 Å². The highest BCUT2D eigenvalue weighted by Gasteiger charge is 2.22. The molecule has 0 amide bonds. The van der Waals surface area contributed by atoms with E-state index in [2.05, 4.69) is 50.4 Å². The first-order chi connectivity index (χ1) is 10.1. The van der Waals surface area contributed by atoms with E-state index in [0.717, 1.165) is 44.6 Å². The maximum Gasteiger partial charge on any atom is 0.0472 e. The Morgan fingerprint density at radius 3 is 2.38 bits per heavy atom. The second-order valence-corrected chi connectivity index (χ2v) is 6.87. The number of benzene rings is 1. The van der Waals surface area contributed by atoms with Crippen molar-refractivity contribution < 1.29 is 4.74 Å². The molecule has 0 aliphatic heterocycles. The molecule has 0 saturated heterocycles. The van der Waals surface area contributed by atoms with Crippen LogP contribution in [0.4, 0.5) is 0 Å². The van der Waals surface area contributed by atoms with Crippen molar-refractivity contribution in [1.29, 1.82) is 0 Å². The van der Waals surface area contributed by atoms with Crippen LogP contribution in [0, 0.1) is 12.8 Å². The highest BCUT2D eigenvalue weighted by atomic mass is 16.5. The molecule has 21 heavy (non-hydrogen) atoms. The fraction of sp³-hybridized carbons (Fsp3) is 0.684. The molecular formula is C19H31NO. The Hall–Kier alpha value is -0.860. The third kappa shape index (κ3) is 6.62. The molecule has 0 spiro atoms. The van der Waals surface area contributed by atoms with Crippen LogP contribution < -0.4 is 5.32 Å². The zero-order valence-corrected chi connectivity index (χ0v) is 13.9. The molecule has 0 heterocycles. The Labute approximate surface area is 130 Å². The monoisotopic (exact) mass is 289 g/mol. The van der Waals surface area contributed by atoms with Crippen LogP contribution in [0.1, 0.15) is 56.6 Å². The van der Waals surface area contributed by atoms with Crippen molar-refractivity contribution in [1.82, 2.24) is 5.32 Å². The molecule has 1 atom stereocenters. The molecule has 2 rings (SSSR count). The lowest BCUT2D eigenvalue weighted by Gasteiger charge is -2.19. The van der Waals surface area contributed by atoms with E-state index in [1.165, 1.54) is 24.0 Å². The lowest BCUT2D eigenvalue weighted by atomic mass is 9.95. The molecule has 1 aliphatic rings. The minimum absolute atomic E-state index is 0.574. The average molecular weight is 289 g/mol.